The molecule has 1 amide bonds. The van der Waals surface area contributed by atoms with Gasteiger partial charge < -0.3 is 5.32 Å². The Morgan fingerprint density at radius 3 is 2.75 bits per heavy atom. The third kappa shape index (κ3) is 4.41. The van der Waals surface area contributed by atoms with Gasteiger partial charge in [-0.05, 0) is 42.6 Å². The number of nitrogens with one attached hydrogen (secondary N) is 3. The highest BCUT2D eigenvalue weighted by Crippen LogP contribution is 2.27. The van der Waals surface area contributed by atoms with Crippen molar-refractivity contribution >= 4 is 5.91 Å². The minimum atomic E-state index is -0.0739. The van der Waals surface area contributed by atoms with E-state index >= 15 is 0 Å². The van der Waals surface area contributed by atoms with Gasteiger partial charge in [0.05, 0.1) is 18.1 Å². The Balaban J connectivity index is 1.32. The summed E-state index contributed by atoms with van der Waals surface area (Å²) < 4.78 is 0. The second kappa shape index (κ2) is 8.82. The summed E-state index contributed by atoms with van der Waals surface area (Å²) in [6.45, 7) is 4.95. The van der Waals surface area contributed by atoms with E-state index in [1.807, 2.05) is 18.2 Å². The summed E-state index contributed by atoms with van der Waals surface area (Å²) in [6, 6.07) is 14.7. The maximum atomic E-state index is 12.9. The number of likely N-dealkylation sites (tertiary alicyclic amines) is 1. The minimum Gasteiger partial charge on any atom is -0.339 e. The molecule has 1 aromatic heterocycles. The van der Waals surface area contributed by atoms with E-state index in [0.29, 0.717) is 0 Å². The first kappa shape index (κ1) is 19.1. The Labute approximate surface area is 166 Å². The molecule has 2 aliphatic rings. The van der Waals surface area contributed by atoms with Crippen LogP contribution in [0, 0.1) is 11.8 Å². The van der Waals surface area contributed by atoms with Gasteiger partial charge in [0.2, 0.25) is 5.91 Å². The minimum absolute atomic E-state index is 0.0476. The lowest BCUT2D eigenvalue weighted by atomic mass is 9.93. The van der Waals surface area contributed by atoms with Gasteiger partial charge in [-0.25, -0.2) is 10.9 Å². The molecule has 3 heterocycles. The molecule has 0 saturated carbocycles. The van der Waals surface area contributed by atoms with Crippen molar-refractivity contribution in [1.82, 2.24) is 26.1 Å². The summed E-state index contributed by atoms with van der Waals surface area (Å²) in [5.74, 6) is 0.445. The summed E-state index contributed by atoms with van der Waals surface area (Å²) in [7, 11) is 0. The molecule has 2 aromatic rings. The number of hydrogen-bond donors (Lipinski definition) is 3. The molecule has 4 atom stereocenters. The molecule has 1 aromatic carbocycles. The van der Waals surface area contributed by atoms with Gasteiger partial charge in [-0.3, -0.25) is 14.7 Å². The lowest BCUT2D eigenvalue weighted by Crippen LogP contribution is -2.51. The van der Waals surface area contributed by atoms with Crippen LogP contribution in [0.15, 0.2) is 54.9 Å². The number of aromatic nitrogens is 1. The van der Waals surface area contributed by atoms with Crippen LogP contribution in [0.2, 0.25) is 0 Å². The highest BCUT2D eigenvalue weighted by molar-refractivity contribution is 5.79. The Bertz CT molecular complexity index is 769. The lowest BCUT2D eigenvalue weighted by molar-refractivity contribution is -0.128. The molecule has 6 heteroatoms. The highest BCUT2D eigenvalue weighted by Gasteiger charge is 2.36. The lowest BCUT2D eigenvalue weighted by Gasteiger charge is -2.33. The average molecular weight is 380 g/mol. The molecule has 3 N–H and O–H groups in total. The van der Waals surface area contributed by atoms with Crippen molar-refractivity contribution in [3.8, 4) is 0 Å². The van der Waals surface area contributed by atoms with Crippen LogP contribution in [0.4, 0.5) is 0 Å². The van der Waals surface area contributed by atoms with Crippen molar-refractivity contribution < 1.29 is 4.79 Å². The number of carbonyl (C=O) groups excluding carboxylic acids is 1. The fraction of sp³-hybridized carbons (Fsp3) is 0.455. The first-order chi connectivity index (χ1) is 13.7. The summed E-state index contributed by atoms with van der Waals surface area (Å²) >= 11 is 0. The van der Waals surface area contributed by atoms with E-state index in [-0.39, 0.29) is 30.0 Å². The molecule has 0 bridgehead atoms. The summed E-state index contributed by atoms with van der Waals surface area (Å²) in [5.41, 5.74) is 9.06. The first-order valence-electron chi connectivity index (χ1n) is 10.2. The van der Waals surface area contributed by atoms with Crippen LogP contribution in [0.5, 0.6) is 0 Å². The quantitative estimate of drug-likeness (QED) is 0.743. The molecule has 4 unspecified atom stereocenters. The van der Waals surface area contributed by atoms with E-state index < -0.39 is 0 Å². The van der Waals surface area contributed by atoms with Gasteiger partial charge in [0, 0.05) is 31.4 Å². The van der Waals surface area contributed by atoms with E-state index in [1.54, 1.807) is 12.4 Å². The van der Waals surface area contributed by atoms with Gasteiger partial charge >= 0.3 is 0 Å². The van der Waals surface area contributed by atoms with Crippen LogP contribution in [0.25, 0.3) is 0 Å². The molecule has 6 nitrogen and oxygen atoms in total. The van der Waals surface area contributed by atoms with E-state index in [4.69, 9.17) is 0 Å². The summed E-state index contributed by atoms with van der Waals surface area (Å²) in [4.78, 5) is 19.4. The molecule has 28 heavy (non-hydrogen) atoms. The molecule has 2 saturated heterocycles. The van der Waals surface area contributed by atoms with E-state index in [2.05, 4.69) is 57.2 Å². The number of hydrazine groups is 1. The van der Waals surface area contributed by atoms with Crippen molar-refractivity contribution in [3.63, 3.8) is 0 Å². The predicted molar refractivity (Wildman–Crippen MR) is 109 cm³/mol. The fourth-order valence-electron chi connectivity index (χ4n) is 4.29. The molecule has 0 spiro atoms. The topological polar surface area (TPSA) is 69.3 Å². The Morgan fingerprint density at radius 2 is 1.96 bits per heavy atom. The molecule has 148 valence electrons. The Hall–Kier alpha value is -2.28. The van der Waals surface area contributed by atoms with Crippen LogP contribution >= 0.6 is 0 Å². The number of carbonyl (C=O) groups is 1. The average Bonchev–Trinajstić information content (AvgIpc) is 3.10. The van der Waals surface area contributed by atoms with Crippen molar-refractivity contribution in [2.24, 2.45) is 11.8 Å². The third-order valence-electron chi connectivity index (χ3n) is 5.93. The monoisotopic (exact) mass is 379 g/mol. The van der Waals surface area contributed by atoms with Crippen LogP contribution in [0.3, 0.4) is 0 Å². The van der Waals surface area contributed by atoms with Crippen molar-refractivity contribution in [2.75, 3.05) is 13.1 Å². The number of nitrogens with zero attached hydrogens (tertiary/aromatic N) is 2. The standard InChI is InChI=1S/C22H29N5O/c1-16-20(18-9-11-23-12-10-18)25-26-21(16)24-22(28)19-8-5-13-27(15-19)14-17-6-3-2-4-7-17/h2-4,6-7,9-12,16,19-21,25-26H,5,8,13-15H2,1H3,(H,24,28). The number of pyridine rings is 1. The van der Waals surface area contributed by atoms with Gasteiger partial charge in [-0.15, -0.1) is 0 Å². The Morgan fingerprint density at radius 1 is 1.18 bits per heavy atom. The molecule has 0 aliphatic carbocycles. The number of piperidine rings is 1. The largest absolute Gasteiger partial charge is 0.339 e. The maximum absolute atomic E-state index is 12.9. The molecular weight excluding hydrogens is 350 g/mol. The normalized spacial score (nSPS) is 28.2. The zero-order valence-electron chi connectivity index (χ0n) is 16.3. The zero-order chi connectivity index (χ0) is 19.3. The van der Waals surface area contributed by atoms with Crippen molar-refractivity contribution in [1.29, 1.82) is 0 Å². The van der Waals surface area contributed by atoms with Gasteiger partial charge in [-0.2, -0.15) is 0 Å². The number of benzene rings is 1. The third-order valence-corrected chi connectivity index (χ3v) is 5.93. The summed E-state index contributed by atoms with van der Waals surface area (Å²) in [5, 5.41) is 3.23. The maximum Gasteiger partial charge on any atom is 0.225 e. The van der Waals surface area contributed by atoms with Crippen LogP contribution in [0.1, 0.15) is 36.9 Å². The van der Waals surface area contributed by atoms with E-state index in [1.165, 1.54) is 11.1 Å². The molecular formula is C22H29N5O. The molecule has 2 aliphatic heterocycles. The second-order valence-corrected chi connectivity index (χ2v) is 7.95. The van der Waals surface area contributed by atoms with E-state index in [9.17, 15) is 4.79 Å². The van der Waals surface area contributed by atoms with E-state index in [0.717, 1.165) is 32.5 Å². The number of amides is 1. The smallest absolute Gasteiger partial charge is 0.225 e. The van der Waals surface area contributed by atoms with Gasteiger partial charge in [0.25, 0.3) is 0 Å². The van der Waals surface area contributed by atoms with Gasteiger partial charge in [-0.1, -0.05) is 37.3 Å². The van der Waals surface area contributed by atoms with Crippen molar-refractivity contribution in [2.45, 2.75) is 38.5 Å². The number of hydrogen-bond acceptors (Lipinski definition) is 5. The first-order valence-corrected chi connectivity index (χ1v) is 10.2. The van der Waals surface area contributed by atoms with Gasteiger partial charge in [0.1, 0.15) is 0 Å². The SMILES string of the molecule is CC1C(NC(=O)C2CCCN(Cc3ccccc3)C2)NNC1c1ccncc1. The molecule has 4 rings (SSSR count). The predicted octanol–water partition coefficient (Wildman–Crippen LogP) is 2.22. The van der Waals surface area contributed by atoms with Gasteiger partial charge in [0.15, 0.2) is 0 Å². The Kier molecular flexibility index (Phi) is 6.00. The molecule has 2 fully saturated rings. The fourth-order valence-corrected chi connectivity index (χ4v) is 4.29. The molecule has 0 radical (unpaired) electrons. The van der Waals surface area contributed by atoms with Crippen LogP contribution in [-0.2, 0) is 11.3 Å². The second-order valence-electron chi connectivity index (χ2n) is 7.95. The van der Waals surface area contributed by atoms with Crippen LogP contribution < -0.4 is 16.2 Å². The van der Waals surface area contributed by atoms with Crippen LogP contribution in [-0.4, -0.2) is 35.0 Å². The highest BCUT2D eigenvalue weighted by atomic mass is 16.2. The number of rotatable bonds is 5. The zero-order valence-corrected chi connectivity index (χ0v) is 16.3. The summed E-state index contributed by atoms with van der Waals surface area (Å²) in [6.07, 6.45) is 5.56. The van der Waals surface area contributed by atoms with Crippen molar-refractivity contribution in [3.05, 3.63) is 66.0 Å².